The minimum atomic E-state index is -3.90. The quantitative estimate of drug-likeness (QED) is 0.561. The van der Waals surface area contributed by atoms with Crippen LogP contribution in [0.15, 0.2) is 64.4 Å². The van der Waals surface area contributed by atoms with Crippen LogP contribution in [0.1, 0.15) is 12.8 Å². The highest BCUT2D eigenvalue weighted by Gasteiger charge is 2.29. The zero-order valence-electron chi connectivity index (χ0n) is 15.9. The van der Waals surface area contributed by atoms with E-state index in [1.54, 1.807) is 24.3 Å². The lowest BCUT2D eigenvalue weighted by atomic mass is 10.2. The van der Waals surface area contributed by atoms with Crippen molar-refractivity contribution < 1.29 is 13.2 Å². The van der Waals surface area contributed by atoms with Gasteiger partial charge in [-0.05, 0) is 55.3 Å². The van der Waals surface area contributed by atoms with Crippen LogP contribution in [0, 0.1) is 5.92 Å². The molecule has 2 aromatic carbocycles. The fourth-order valence-electron chi connectivity index (χ4n) is 2.83. The molecule has 1 aromatic heterocycles. The normalized spacial score (nSPS) is 13.6. The van der Waals surface area contributed by atoms with E-state index in [4.69, 9.17) is 23.2 Å². The fraction of sp³-hybridized carbons (Fsp3) is 0.150. The number of hydrogen-bond donors (Lipinski definition) is 2. The number of nitrogens with one attached hydrogen (secondary N) is 2. The molecule has 31 heavy (non-hydrogen) atoms. The fourth-order valence-corrected chi connectivity index (χ4v) is 4.13. The van der Waals surface area contributed by atoms with E-state index >= 15 is 0 Å². The Morgan fingerprint density at radius 2 is 1.74 bits per heavy atom. The van der Waals surface area contributed by atoms with Gasteiger partial charge in [-0.25, -0.2) is 8.42 Å². The van der Waals surface area contributed by atoms with Gasteiger partial charge >= 0.3 is 0 Å². The molecular formula is C20H16Cl2N4O4S. The highest BCUT2D eigenvalue weighted by Crippen LogP contribution is 2.30. The third kappa shape index (κ3) is 4.73. The Hall–Kier alpha value is -2.88. The second-order valence-corrected chi connectivity index (χ2v) is 9.43. The van der Waals surface area contributed by atoms with E-state index in [0.717, 1.165) is 17.5 Å². The molecular weight excluding hydrogens is 463 g/mol. The maximum absolute atomic E-state index is 12.7. The van der Waals surface area contributed by atoms with Crippen molar-refractivity contribution in [3.63, 3.8) is 0 Å². The summed E-state index contributed by atoms with van der Waals surface area (Å²) in [5.74, 6) is -0.0295. The van der Waals surface area contributed by atoms with Crippen LogP contribution < -0.4 is 15.6 Å². The molecule has 11 heteroatoms. The number of carbonyl (C=O) groups is 1. The van der Waals surface area contributed by atoms with Crippen molar-refractivity contribution in [2.24, 2.45) is 5.92 Å². The molecule has 2 N–H and O–H groups in total. The molecule has 3 aromatic rings. The van der Waals surface area contributed by atoms with Gasteiger partial charge in [0.15, 0.2) is 0 Å². The summed E-state index contributed by atoms with van der Waals surface area (Å²) in [6.45, 7) is 0. The molecule has 0 atom stereocenters. The van der Waals surface area contributed by atoms with Crippen LogP contribution in [0.4, 0.5) is 11.4 Å². The standard InChI is InChI=1S/C20H16Cl2N4O4S/c21-17-11-23-26(20(28)18(17)22)15-6-8-16(9-7-15)31(29,30)25-14-3-1-2-13(10-14)24-19(27)12-4-5-12/h1-3,6-12,25H,4-5H2,(H,24,27). The molecule has 8 nitrogen and oxygen atoms in total. The maximum Gasteiger partial charge on any atom is 0.291 e. The van der Waals surface area contributed by atoms with Crippen LogP contribution in [0.2, 0.25) is 10.0 Å². The lowest BCUT2D eigenvalue weighted by Gasteiger charge is -2.11. The summed E-state index contributed by atoms with van der Waals surface area (Å²) in [4.78, 5) is 24.1. The molecule has 1 aliphatic rings. The van der Waals surface area contributed by atoms with E-state index < -0.39 is 15.6 Å². The SMILES string of the molecule is O=C(Nc1cccc(NS(=O)(=O)c2ccc(-n3ncc(Cl)c(Cl)c3=O)cc2)c1)C1CC1. The Balaban J connectivity index is 1.54. The lowest BCUT2D eigenvalue weighted by Crippen LogP contribution is -2.21. The minimum Gasteiger partial charge on any atom is -0.326 e. The third-order valence-corrected chi connectivity index (χ3v) is 6.74. The number of halogens is 2. The van der Waals surface area contributed by atoms with Gasteiger partial charge in [0, 0.05) is 11.6 Å². The summed E-state index contributed by atoms with van der Waals surface area (Å²) in [5, 5.41) is 6.54. The first kappa shape index (κ1) is 21.4. The largest absolute Gasteiger partial charge is 0.326 e. The third-order valence-electron chi connectivity index (χ3n) is 4.60. The van der Waals surface area contributed by atoms with E-state index in [0.29, 0.717) is 17.1 Å². The van der Waals surface area contributed by atoms with Crippen LogP contribution in [0.3, 0.4) is 0 Å². The summed E-state index contributed by atoms with van der Waals surface area (Å²) in [6.07, 6.45) is 2.97. The predicted octanol–water partition coefficient (Wildman–Crippen LogP) is 3.69. The number of benzene rings is 2. The smallest absolute Gasteiger partial charge is 0.291 e. The maximum atomic E-state index is 12.7. The van der Waals surface area contributed by atoms with Gasteiger partial charge in [0.05, 0.1) is 27.5 Å². The van der Waals surface area contributed by atoms with Gasteiger partial charge in [0.1, 0.15) is 5.02 Å². The molecule has 1 amide bonds. The van der Waals surface area contributed by atoms with E-state index in [2.05, 4.69) is 15.1 Å². The van der Waals surface area contributed by atoms with Crippen molar-refractivity contribution in [1.82, 2.24) is 9.78 Å². The lowest BCUT2D eigenvalue weighted by molar-refractivity contribution is -0.117. The van der Waals surface area contributed by atoms with Gasteiger partial charge in [-0.15, -0.1) is 0 Å². The van der Waals surface area contributed by atoms with E-state index in [1.807, 2.05) is 0 Å². The predicted molar refractivity (Wildman–Crippen MR) is 118 cm³/mol. The highest BCUT2D eigenvalue weighted by molar-refractivity contribution is 7.92. The topological polar surface area (TPSA) is 110 Å². The van der Waals surface area contributed by atoms with Crippen molar-refractivity contribution in [3.05, 3.63) is 75.1 Å². The average Bonchev–Trinajstić information content (AvgIpc) is 3.58. The first-order valence-corrected chi connectivity index (χ1v) is 11.5. The molecule has 1 heterocycles. The molecule has 0 saturated heterocycles. The van der Waals surface area contributed by atoms with Crippen molar-refractivity contribution in [2.75, 3.05) is 10.0 Å². The number of amides is 1. The van der Waals surface area contributed by atoms with Gasteiger partial charge in [-0.1, -0.05) is 29.3 Å². The van der Waals surface area contributed by atoms with Crippen LogP contribution in [0.5, 0.6) is 0 Å². The molecule has 1 aliphatic carbocycles. The summed E-state index contributed by atoms with van der Waals surface area (Å²) in [5.41, 5.74) is 0.526. The Kier molecular flexibility index (Phi) is 5.74. The molecule has 0 radical (unpaired) electrons. The first-order chi connectivity index (χ1) is 14.7. The van der Waals surface area contributed by atoms with Crippen molar-refractivity contribution in [2.45, 2.75) is 17.7 Å². The number of rotatable bonds is 6. The average molecular weight is 479 g/mol. The van der Waals surface area contributed by atoms with Gasteiger partial charge in [0.2, 0.25) is 5.91 Å². The first-order valence-electron chi connectivity index (χ1n) is 9.22. The summed E-state index contributed by atoms with van der Waals surface area (Å²) in [6, 6.07) is 12.0. The van der Waals surface area contributed by atoms with Crippen LogP contribution in [-0.2, 0) is 14.8 Å². The van der Waals surface area contributed by atoms with Crippen molar-refractivity contribution >= 4 is 50.5 Å². The number of nitrogens with zero attached hydrogens (tertiary/aromatic N) is 2. The summed E-state index contributed by atoms with van der Waals surface area (Å²) < 4.78 is 29.0. The minimum absolute atomic E-state index is 0.0169. The number of aromatic nitrogens is 2. The molecule has 4 rings (SSSR count). The van der Waals surface area contributed by atoms with E-state index in [9.17, 15) is 18.0 Å². The van der Waals surface area contributed by atoms with Crippen molar-refractivity contribution in [1.29, 1.82) is 0 Å². The molecule has 0 bridgehead atoms. The zero-order valence-corrected chi connectivity index (χ0v) is 18.2. The number of anilines is 2. The van der Waals surface area contributed by atoms with Crippen LogP contribution in [0.25, 0.3) is 5.69 Å². The zero-order chi connectivity index (χ0) is 22.2. The Labute approximate surface area is 187 Å². The van der Waals surface area contributed by atoms with Gasteiger partial charge in [0.25, 0.3) is 15.6 Å². The number of hydrogen-bond acceptors (Lipinski definition) is 5. The van der Waals surface area contributed by atoms with Gasteiger partial charge < -0.3 is 5.32 Å². The molecule has 1 saturated carbocycles. The van der Waals surface area contributed by atoms with Crippen LogP contribution in [-0.4, -0.2) is 24.1 Å². The second kappa shape index (κ2) is 8.33. The molecule has 0 unspecified atom stereocenters. The Morgan fingerprint density at radius 3 is 2.42 bits per heavy atom. The molecule has 160 valence electrons. The Bertz CT molecular complexity index is 1320. The van der Waals surface area contributed by atoms with Gasteiger partial charge in [-0.3, -0.25) is 14.3 Å². The molecule has 0 aliphatic heterocycles. The molecule has 0 spiro atoms. The van der Waals surface area contributed by atoms with Crippen LogP contribution >= 0.6 is 23.2 Å². The Morgan fingerprint density at radius 1 is 1.06 bits per heavy atom. The van der Waals surface area contributed by atoms with Crippen molar-refractivity contribution in [3.8, 4) is 5.69 Å². The summed E-state index contributed by atoms with van der Waals surface area (Å²) >= 11 is 11.6. The molecule has 1 fully saturated rings. The van der Waals surface area contributed by atoms with E-state index in [1.165, 1.54) is 30.5 Å². The summed E-state index contributed by atoms with van der Waals surface area (Å²) in [7, 11) is -3.90. The monoisotopic (exact) mass is 478 g/mol. The second-order valence-electron chi connectivity index (χ2n) is 6.97. The number of sulfonamides is 1. The van der Waals surface area contributed by atoms with E-state index in [-0.39, 0.29) is 26.8 Å². The number of carbonyl (C=O) groups excluding carboxylic acids is 1. The van der Waals surface area contributed by atoms with Gasteiger partial charge in [-0.2, -0.15) is 9.78 Å². The highest BCUT2D eigenvalue weighted by atomic mass is 35.5.